The number of hydrogen-bond acceptors (Lipinski definition) is 3. The van der Waals surface area contributed by atoms with Crippen LogP contribution < -0.4 is 4.18 Å². The van der Waals surface area contributed by atoms with E-state index in [1.807, 2.05) is 0 Å². The van der Waals surface area contributed by atoms with Crippen LogP contribution in [0.2, 0.25) is 0 Å². The third-order valence-corrected chi connectivity index (χ3v) is 2.76. The van der Waals surface area contributed by atoms with E-state index < -0.39 is 27.2 Å². The maximum Gasteiger partial charge on any atom is 0.534 e. The molecule has 0 aliphatic carbocycles. The zero-order valence-electron chi connectivity index (χ0n) is 7.25. The molecule has 0 aliphatic rings. The number of alkyl halides is 3. The van der Waals surface area contributed by atoms with Crippen LogP contribution in [-0.2, 0) is 10.1 Å². The molecule has 0 N–H and O–H groups in total. The molecular weight excluding hydrogens is 320 g/mol. The van der Waals surface area contributed by atoms with Crippen molar-refractivity contribution in [1.82, 2.24) is 0 Å². The Balaban J connectivity index is 3.07. The molecule has 0 saturated heterocycles. The lowest BCUT2D eigenvalue weighted by atomic mass is 10.3. The van der Waals surface area contributed by atoms with E-state index in [0.29, 0.717) is 6.07 Å². The van der Waals surface area contributed by atoms with E-state index in [9.17, 15) is 26.0 Å². The van der Waals surface area contributed by atoms with E-state index in [1.54, 1.807) is 0 Å². The standard InChI is InChI=1S/C7H3BrF4O3S/c8-4-1-5(9)3-6(2-4)15-16(13,14)7(10,11)12/h1-3H. The van der Waals surface area contributed by atoms with Crippen molar-refractivity contribution in [1.29, 1.82) is 0 Å². The minimum absolute atomic E-state index is 0.0554. The molecule has 0 saturated carbocycles. The normalized spacial score (nSPS) is 12.6. The number of benzene rings is 1. The fraction of sp³-hybridized carbons (Fsp3) is 0.143. The van der Waals surface area contributed by atoms with Crippen LogP contribution in [0.25, 0.3) is 0 Å². The van der Waals surface area contributed by atoms with Crippen molar-refractivity contribution in [3.63, 3.8) is 0 Å². The van der Waals surface area contributed by atoms with Gasteiger partial charge in [0, 0.05) is 10.5 Å². The minimum atomic E-state index is -5.77. The van der Waals surface area contributed by atoms with Crippen LogP contribution >= 0.6 is 15.9 Å². The summed E-state index contributed by atoms with van der Waals surface area (Å²) >= 11 is 2.77. The van der Waals surface area contributed by atoms with Crippen molar-refractivity contribution < 1.29 is 30.2 Å². The van der Waals surface area contributed by atoms with Gasteiger partial charge in [0.1, 0.15) is 11.6 Å². The highest BCUT2D eigenvalue weighted by atomic mass is 79.9. The van der Waals surface area contributed by atoms with Gasteiger partial charge in [-0.3, -0.25) is 0 Å². The molecule has 0 fully saturated rings. The monoisotopic (exact) mass is 322 g/mol. The molecule has 0 amide bonds. The van der Waals surface area contributed by atoms with Crippen LogP contribution in [-0.4, -0.2) is 13.9 Å². The van der Waals surface area contributed by atoms with Gasteiger partial charge in [0.25, 0.3) is 0 Å². The summed E-state index contributed by atoms with van der Waals surface area (Å²) < 4.78 is 73.3. The van der Waals surface area contributed by atoms with Crippen LogP contribution in [0.5, 0.6) is 5.75 Å². The topological polar surface area (TPSA) is 43.4 Å². The molecule has 0 spiro atoms. The van der Waals surface area contributed by atoms with Gasteiger partial charge in [0.05, 0.1) is 0 Å². The van der Waals surface area contributed by atoms with Gasteiger partial charge in [-0.2, -0.15) is 21.6 Å². The van der Waals surface area contributed by atoms with Gasteiger partial charge in [-0.15, -0.1) is 0 Å². The Morgan fingerprint density at radius 3 is 2.19 bits per heavy atom. The van der Waals surface area contributed by atoms with Crippen molar-refractivity contribution in [2.45, 2.75) is 5.51 Å². The largest absolute Gasteiger partial charge is 0.534 e. The third-order valence-electron chi connectivity index (χ3n) is 1.33. The molecule has 0 aromatic heterocycles. The van der Waals surface area contributed by atoms with E-state index >= 15 is 0 Å². The highest BCUT2D eigenvalue weighted by Gasteiger charge is 2.48. The molecule has 0 aliphatic heterocycles. The summed E-state index contributed by atoms with van der Waals surface area (Å²) in [5.41, 5.74) is -5.55. The maximum atomic E-state index is 12.7. The molecule has 16 heavy (non-hydrogen) atoms. The Morgan fingerprint density at radius 1 is 1.19 bits per heavy atom. The Morgan fingerprint density at radius 2 is 1.75 bits per heavy atom. The number of rotatable bonds is 2. The van der Waals surface area contributed by atoms with Gasteiger partial charge < -0.3 is 4.18 Å². The molecule has 1 aromatic carbocycles. The van der Waals surface area contributed by atoms with Gasteiger partial charge in [0.15, 0.2) is 0 Å². The molecule has 0 heterocycles. The van der Waals surface area contributed by atoms with E-state index in [1.165, 1.54) is 0 Å². The van der Waals surface area contributed by atoms with Crippen LogP contribution in [0.4, 0.5) is 17.6 Å². The molecule has 0 atom stereocenters. The molecule has 1 rings (SSSR count). The SMILES string of the molecule is O=S(=O)(Oc1cc(F)cc(Br)c1)C(F)(F)F. The van der Waals surface area contributed by atoms with Crippen LogP contribution in [0.15, 0.2) is 22.7 Å². The van der Waals surface area contributed by atoms with Gasteiger partial charge in [-0.05, 0) is 12.1 Å². The number of halogens is 5. The van der Waals surface area contributed by atoms with Crippen LogP contribution in [0.1, 0.15) is 0 Å². The van der Waals surface area contributed by atoms with E-state index in [-0.39, 0.29) is 4.47 Å². The van der Waals surface area contributed by atoms with E-state index in [4.69, 9.17) is 0 Å². The Labute approximate surface area is 96.3 Å². The summed E-state index contributed by atoms with van der Waals surface area (Å²) in [7, 11) is -5.77. The Hall–Kier alpha value is -0.830. The van der Waals surface area contributed by atoms with Gasteiger partial charge in [0.2, 0.25) is 0 Å². The van der Waals surface area contributed by atoms with E-state index in [0.717, 1.165) is 12.1 Å². The minimum Gasteiger partial charge on any atom is -0.376 e. The van der Waals surface area contributed by atoms with Crippen molar-refractivity contribution in [2.75, 3.05) is 0 Å². The molecule has 0 bridgehead atoms. The first kappa shape index (κ1) is 13.2. The molecule has 9 heteroatoms. The predicted octanol–water partition coefficient (Wildman–Crippen LogP) is 2.82. The zero-order valence-corrected chi connectivity index (χ0v) is 9.66. The second kappa shape index (κ2) is 4.21. The molecule has 0 radical (unpaired) electrons. The highest BCUT2D eigenvalue weighted by molar-refractivity contribution is 9.10. The lowest BCUT2D eigenvalue weighted by molar-refractivity contribution is -0.0500. The average Bonchev–Trinajstić information content (AvgIpc) is 1.97. The second-order valence-corrected chi connectivity index (χ2v) is 5.04. The summed E-state index contributed by atoms with van der Waals surface area (Å²) in [5, 5.41) is 0. The quantitative estimate of drug-likeness (QED) is 0.478. The molecule has 3 nitrogen and oxygen atoms in total. The number of hydrogen-bond donors (Lipinski definition) is 0. The summed E-state index contributed by atoms with van der Waals surface area (Å²) in [5.74, 6) is -1.69. The van der Waals surface area contributed by atoms with Crippen LogP contribution in [0.3, 0.4) is 0 Å². The van der Waals surface area contributed by atoms with Crippen LogP contribution in [0, 0.1) is 5.82 Å². The second-order valence-electron chi connectivity index (χ2n) is 2.59. The Bertz CT molecular complexity index is 477. The fourth-order valence-electron chi connectivity index (χ4n) is 0.751. The Kier molecular flexibility index (Phi) is 3.48. The predicted molar refractivity (Wildman–Crippen MR) is 49.7 cm³/mol. The van der Waals surface area contributed by atoms with Gasteiger partial charge >= 0.3 is 15.6 Å². The summed E-state index contributed by atoms with van der Waals surface area (Å²) in [6.07, 6.45) is 0. The fourth-order valence-corrected chi connectivity index (χ4v) is 1.64. The molecule has 1 aromatic rings. The molecule has 0 unspecified atom stereocenters. The lowest BCUT2D eigenvalue weighted by Gasteiger charge is -2.09. The average molecular weight is 323 g/mol. The van der Waals surface area contributed by atoms with Crippen molar-refractivity contribution in [3.05, 3.63) is 28.5 Å². The zero-order chi connectivity index (χ0) is 12.6. The third kappa shape index (κ3) is 3.08. The van der Waals surface area contributed by atoms with Gasteiger partial charge in [-0.1, -0.05) is 15.9 Å². The summed E-state index contributed by atoms with van der Waals surface area (Å²) in [4.78, 5) is 0. The smallest absolute Gasteiger partial charge is 0.376 e. The van der Waals surface area contributed by atoms with Crippen molar-refractivity contribution in [3.8, 4) is 5.75 Å². The first-order valence-corrected chi connectivity index (χ1v) is 5.79. The maximum absolute atomic E-state index is 12.7. The first-order chi connectivity index (χ1) is 7.12. The van der Waals surface area contributed by atoms with Gasteiger partial charge in [-0.25, -0.2) is 4.39 Å². The summed E-state index contributed by atoms with van der Waals surface area (Å²) in [6, 6.07) is 2.35. The first-order valence-electron chi connectivity index (χ1n) is 3.59. The highest BCUT2D eigenvalue weighted by Crippen LogP contribution is 2.28. The van der Waals surface area contributed by atoms with Crippen molar-refractivity contribution >= 4 is 26.0 Å². The summed E-state index contributed by atoms with van der Waals surface area (Å²) in [6.45, 7) is 0. The lowest BCUT2D eigenvalue weighted by Crippen LogP contribution is -2.28. The van der Waals surface area contributed by atoms with Crippen molar-refractivity contribution in [2.24, 2.45) is 0 Å². The molecular formula is C7H3BrF4O3S. The van der Waals surface area contributed by atoms with E-state index in [2.05, 4.69) is 20.1 Å². The molecule has 90 valence electrons.